The second kappa shape index (κ2) is 10.8. The maximum Gasteiger partial charge on any atom is 0.261 e. The second-order valence-corrected chi connectivity index (χ2v) is 7.57. The van der Waals surface area contributed by atoms with E-state index in [0.29, 0.717) is 16.9 Å². The van der Waals surface area contributed by atoms with E-state index in [9.17, 15) is 9.59 Å². The summed E-state index contributed by atoms with van der Waals surface area (Å²) in [5, 5.41) is 2.38. The third-order valence-electron chi connectivity index (χ3n) is 5.29. The van der Waals surface area contributed by atoms with E-state index in [1.54, 1.807) is 12.1 Å². The number of nitrogens with two attached hydrogens (primary N) is 1. The summed E-state index contributed by atoms with van der Waals surface area (Å²) in [6.07, 6.45) is 9.58. The Morgan fingerprint density at radius 1 is 0.828 bits per heavy atom. The molecule has 0 bridgehead atoms. The highest BCUT2D eigenvalue weighted by Gasteiger charge is 2.26. The number of amides is 2. The maximum absolute atomic E-state index is 12.3. The fourth-order valence-electron chi connectivity index (χ4n) is 3.75. The number of carbonyl (C=O) groups is 2. The standard InChI is InChI=1S/C24H30N2O3/c25-16-9-5-3-1-2-4-6-11-18-12-7-8-14-20(18)29-21-15-10-13-19-17-22(27)26-24(28)23(19)21/h7-8,10,12-15H,1-6,9,11,16-17,25H2,(H,26,27,28). The molecule has 0 unspecified atom stereocenters. The van der Waals surface area contributed by atoms with Gasteiger partial charge in [-0.2, -0.15) is 0 Å². The molecule has 1 aliphatic heterocycles. The van der Waals surface area contributed by atoms with Crippen molar-refractivity contribution < 1.29 is 14.3 Å². The van der Waals surface area contributed by atoms with Crippen molar-refractivity contribution in [2.75, 3.05) is 6.54 Å². The van der Waals surface area contributed by atoms with Gasteiger partial charge in [0.1, 0.15) is 11.5 Å². The first-order valence-corrected chi connectivity index (χ1v) is 10.6. The molecular weight excluding hydrogens is 364 g/mol. The third kappa shape index (κ3) is 5.91. The number of nitrogens with one attached hydrogen (secondary N) is 1. The number of unbranched alkanes of at least 4 members (excludes halogenated alkanes) is 6. The molecule has 154 valence electrons. The number of imide groups is 1. The van der Waals surface area contributed by atoms with E-state index in [0.717, 1.165) is 37.1 Å². The van der Waals surface area contributed by atoms with Gasteiger partial charge in [-0.3, -0.25) is 14.9 Å². The van der Waals surface area contributed by atoms with Crippen molar-refractivity contribution in [2.45, 2.75) is 57.8 Å². The molecule has 0 radical (unpaired) electrons. The van der Waals surface area contributed by atoms with Gasteiger partial charge >= 0.3 is 0 Å². The predicted octanol–water partition coefficient (Wildman–Crippen LogP) is 4.52. The van der Waals surface area contributed by atoms with E-state index in [-0.39, 0.29) is 18.2 Å². The molecule has 3 N–H and O–H groups in total. The van der Waals surface area contributed by atoms with E-state index >= 15 is 0 Å². The fraction of sp³-hybridized carbons (Fsp3) is 0.417. The summed E-state index contributed by atoms with van der Waals surface area (Å²) in [5.74, 6) is 0.607. The van der Waals surface area contributed by atoms with Crippen molar-refractivity contribution in [3.63, 3.8) is 0 Å². The first kappa shape index (κ1) is 21.1. The Morgan fingerprint density at radius 3 is 2.31 bits per heavy atom. The van der Waals surface area contributed by atoms with Gasteiger partial charge in [-0.15, -0.1) is 0 Å². The Kier molecular flexibility index (Phi) is 7.82. The molecule has 0 aliphatic carbocycles. The lowest BCUT2D eigenvalue weighted by atomic mass is 9.99. The number of para-hydroxylation sites is 1. The molecule has 2 aromatic rings. The Balaban J connectivity index is 1.60. The van der Waals surface area contributed by atoms with Gasteiger partial charge in [0.2, 0.25) is 5.91 Å². The minimum absolute atomic E-state index is 0.200. The summed E-state index contributed by atoms with van der Waals surface area (Å²) >= 11 is 0. The first-order chi connectivity index (χ1) is 14.2. The van der Waals surface area contributed by atoms with Crippen LogP contribution < -0.4 is 15.8 Å². The Labute approximate surface area is 172 Å². The minimum atomic E-state index is -0.390. The molecule has 29 heavy (non-hydrogen) atoms. The summed E-state index contributed by atoms with van der Waals surface area (Å²) in [6.45, 7) is 0.791. The average Bonchev–Trinajstić information content (AvgIpc) is 2.71. The number of hydrogen-bond acceptors (Lipinski definition) is 4. The van der Waals surface area contributed by atoms with E-state index in [2.05, 4.69) is 11.4 Å². The van der Waals surface area contributed by atoms with Crippen LogP contribution in [0.2, 0.25) is 0 Å². The zero-order chi connectivity index (χ0) is 20.5. The predicted molar refractivity (Wildman–Crippen MR) is 114 cm³/mol. The SMILES string of the molecule is NCCCCCCCCCc1ccccc1Oc1cccc2c1C(=O)NC(=O)C2. The monoisotopic (exact) mass is 394 g/mol. The maximum atomic E-state index is 12.3. The number of carbonyl (C=O) groups excluding carboxylic acids is 2. The molecule has 1 heterocycles. The lowest BCUT2D eigenvalue weighted by Crippen LogP contribution is -2.37. The Hall–Kier alpha value is -2.66. The summed E-state index contributed by atoms with van der Waals surface area (Å²) in [6, 6.07) is 13.4. The van der Waals surface area contributed by atoms with Crippen LogP contribution in [0, 0.1) is 0 Å². The van der Waals surface area contributed by atoms with Crippen LogP contribution in [0.25, 0.3) is 0 Å². The van der Waals surface area contributed by atoms with Gasteiger partial charge in [-0.05, 0) is 49.1 Å². The zero-order valence-corrected chi connectivity index (χ0v) is 16.9. The largest absolute Gasteiger partial charge is 0.456 e. The van der Waals surface area contributed by atoms with Crippen molar-refractivity contribution in [2.24, 2.45) is 5.73 Å². The summed E-state index contributed by atoms with van der Waals surface area (Å²) in [4.78, 5) is 23.9. The van der Waals surface area contributed by atoms with Crippen LogP contribution in [0.1, 0.15) is 66.4 Å². The van der Waals surface area contributed by atoms with E-state index in [1.165, 1.54) is 32.1 Å². The quantitative estimate of drug-likeness (QED) is 0.434. The number of benzene rings is 2. The van der Waals surface area contributed by atoms with Crippen molar-refractivity contribution in [3.05, 3.63) is 59.2 Å². The van der Waals surface area contributed by atoms with Crippen LogP contribution in [0.3, 0.4) is 0 Å². The first-order valence-electron chi connectivity index (χ1n) is 10.6. The highest BCUT2D eigenvalue weighted by atomic mass is 16.5. The van der Waals surface area contributed by atoms with Crippen LogP contribution in [0.5, 0.6) is 11.5 Å². The fourth-order valence-corrected chi connectivity index (χ4v) is 3.75. The molecule has 2 aromatic carbocycles. The molecular formula is C24H30N2O3. The van der Waals surface area contributed by atoms with Gasteiger partial charge < -0.3 is 10.5 Å². The van der Waals surface area contributed by atoms with Gasteiger partial charge in [0.05, 0.1) is 12.0 Å². The van der Waals surface area contributed by atoms with Gasteiger partial charge in [0.15, 0.2) is 0 Å². The van der Waals surface area contributed by atoms with Gasteiger partial charge in [-0.25, -0.2) is 0 Å². The molecule has 3 rings (SSSR count). The smallest absolute Gasteiger partial charge is 0.261 e. The highest BCUT2D eigenvalue weighted by molar-refractivity contribution is 6.11. The van der Waals surface area contributed by atoms with E-state index < -0.39 is 0 Å². The average molecular weight is 395 g/mol. The number of fused-ring (bicyclic) bond motifs is 1. The lowest BCUT2D eigenvalue weighted by molar-refractivity contribution is -0.119. The third-order valence-corrected chi connectivity index (χ3v) is 5.29. The molecule has 0 fully saturated rings. The van der Waals surface area contributed by atoms with Crippen molar-refractivity contribution in [3.8, 4) is 11.5 Å². The molecule has 0 aromatic heterocycles. The highest BCUT2D eigenvalue weighted by Crippen LogP contribution is 2.32. The topological polar surface area (TPSA) is 81.4 Å². The number of ether oxygens (including phenoxy) is 1. The van der Waals surface area contributed by atoms with Crippen molar-refractivity contribution in [1.29, 1.82) is 0 Å². The van der Waals surface area contributed by atoms with Gasteiger partial charge in [0.25, 0.3) is 5.91 Å². The minimum Gasteiger partial charge on any atom is -0.456 e. The second-order valence-electron chi connectivity index (χ2n) is 7.57. The van der Waals surface area contributed by atoms with Crippen LogP contribution in [-0.4, -0.2) is 18.4 Å². The molecule has 0 saturated carbocycles. The van der Waals surface area contributed by atoms with E-state index in [4.69, 9.17) is 10.5 Å². The van der Waals surface area contributed by atoms with Crippen LogP contribution in [0.15, 0.2) is 42.5 Å². The van der Waals surface area contributed by atoms with Crippen LogP contribution in [0.4, 0.5) is 0 Å². The van der Waals surface area contributed by atoms with Crippen LogP contribution in [-0.2, 0) is 17.6 Å². The number of aryl methyl sites for hydroxylation is 1. The lowest BCUT2D eigenvalue weighted by Gasteiger charge is -2.19. The Morgan fingerprint density at radius 2 is 1.52 bits per heavy atom. The van der Waals surface area contributed by atoms with Crippen molar-refractivity contribution in [1.82, 2.24) is 5.32 Å². The molecule has 5 nitrogen and oxygen atoms in total. The molecule has 2 amide bonds. The normalized spacial score (nSPS) is 13.1. The van der Waals surface area contributed by atoms with E-state index in [1.807, 2.05) is 24.3 Å². The summed E-state index contributed by atoms with van der Waals surface area (Å²) in [5.41, 5.74) is 7.84. The summed E-state index contributed by atoms with van der Waals surface area (Å²) in [7, 11) is 0. The number of hydrogen-bond donors (Lipinski definition) is 2. The molecule has 0 saturated heterocycles. The number of rotatable bonds is 11. The van der Waals surface area contributed by atoms with Crippen molar-refractivity contribution >= 4 is 11.8 Å². The Bertz CT molecular complexity index is 848. The van der Waals surface area contributed by atoms with Gasteiger partial charge in [-0.1, -0.05) is 62.4 Å². The molecule has 1 aliphatic rings. The molecule has 0 atom stereocenters. The molecule has 0 spiro atoms. The zero-order valence-electron chi connectivity index (χ0n) is 16.9. The summed E-state index contributed by atoms with van der Waals surface area (Å²) < 4.78 is 6.15. The van der Waals surface area contributed by atoms with Gasteiger partial charge in [0, 0.05) is 0 Å². The molecule has 5 heteroatoms. The van der Waals surface area contributed by atoms with Crippen LogP contribution >= 0.6 is 0 Å².